The summed E-state index contributed by atoms with van der Waals surface area (Å²) >= 11 is 0. The van der Waals surface area contributed by atoms with Gasteiger partial charge in [-0.1, -0.05) is 24.3 Å². The van der Waals surface area contributed by atoms with Gasteiger partial charge in [0.1, 0.15) is 5.82 Å². The molecule has 0 radical (unpaired) electrons. The summed E-state index contributed by atoms with van der Waals surface area (Å²) in [5.74, 6) is -1.25. The molecule has 0 unspecified atom stereocenters. The van der Waals surface area contributed by atoms with Crippen LogP contribution in [0.15, 0.2) is 79.1 Å². The largest absolute Gasteiger partial charge is 0.478 e. The molecule has 5 heteroatoms. The van der Waals surface area contributed by atoms with Gasteiger partial charge in [-0.15, -0.1) is 0 Å². The van der Waals surface area contributed by atoms with Crippen molar-refractivity contribution in [3.63, 3.8) is 0 Å². The van der Waals surface area contributed by atoms with Crippen LogP contribution in [-0.2, 0) is 0 Å². The van der Waals surface area contributed by atoms with Crippen molar-refractivity contribution in [2.75, 3.05) is 0 Å². The van der Waals surface area contributed by atoms with Crippen molar-refractivity contribution in [1.29, 1.82) is 0 Å². The van der Waals surface area contributed by atoms with Crippen molar-refractivity contribution in [3.05, 3.63) is 90.5 Å². The topological polar surface area (TPSA) is 66.0 Å². The fourth-order valence-electron chi connectivity index (χ4n) is 3.01. The number of carbonyl (C=O) groups is 1. The summed E-state index contributed by atoms with van der Waals surface area (Å²) in [5.41, 5.74) is 5.60. The third-order valence-corrected chi connectivity index (χ3v) is 4.38. The minimum absolute atomic E-state index is 0.235. The summed E-state index contributed by atoms with van der Waals surface area (Å²) in [6.45, 7) is 0. The number of pyridine rings is 1. The summed E-state index contributed by atoms with van der Waals surface area (Å²) in [6.07, 6.45) is 3.43. The highest BCUT2D eigenvalue weighted by molar-refractivity contribution is 5.89. The summed E-state index contributed by atoms with van der Waals surface area (Å²) in [5, 5.41) is 9.07. The molecule has 0 aliphatic rings. The number of carboxylic acid groups (broad SMARTS) is 1. The highest BCUT2D eigenvalue weighted by Crippen LogP contribution is 2.35. The second kappa shape index (κ2) is 6.88. The Balaban J connectivity index is 1.84. The van der Waals surface area contributed by atoms with Gasteiger partial charge < -0.3 is 10.1 Å². The molecule has 132 valence electrons. The van der Waals surface area contributed by atoms with E-state index in [0.717, 1.165) is 33.6 Å². The van der Waals surface area contributed by atoms with Crippen LogP contribution < -0.4 is 0 Å². The zero-order valence-electron chi connectivity index (χ0n) is 14.2. The van der Waals surface area contributed by atoms with Gasteiger partial charge in [-0.25, -0.2) is 9.18 Å². The van der Waals surface area contributed by atoms with E-state index in [-0.39, 0.29) is 11.4 Å². The van der Waals surface area contributed by atoms with Crippen molar-refractivity contribution >= 4 is 5.97 Å². The van der Waals surface area contributed by atoms with Gasteiger partial charge >= 0.3 is 5.97 Å². The Labute approximate surface area is 155 Å². The maximum atomic E-state index is 13.3. The van der Waals surface area contributed by atoms with E-state index < -0.39 is 5.97 Å². The molecule has 0 amide bonds. The number of aromatic amines is 1. The number of aromatic nitrogens is 2. The monoisotopic (exact) mass is 358 g/mol. The number of hydrogen-bond donors (Lipinski definition) is 2. The van der Waals surface area contributed by atoms with Crippen molar-refractivity contribution in [2.45, 2.75) is 0 Å². The minimum Gasteiger partial charge on any atom is -0.478 e. The molecule has 4 aromatic rings. The Bertz CT molecular complexity index is 1090. The van der Waals surface area contributed by atoms with Crippen LogP contribution in [0.4, 0.5) is 4.39 Å². The number of benzene rings is 2. The first-order valence-corrected chi connectivity index (χ1v) is 8.35. The number of hydrogen-bond acceptors (Lipinski definition) is 2. The van der Waals surface area contributed by atoms with Crippen LogP contribution in [0.2, 0.25) is 0 Å². The third kappa shape index (κ3) is 3.35. The van der Waals surface area contributed by atoms with Crippen molar-refractivity contribution in [3.8, 4) is 33.6 Å². The van der Waals surface area contributed by atoms with Gasteiger partial charge in [-0.05, 0) is 53.6 Å². The van der Waals surface area contributed by atoms with Crippen LogP contribution >= 0.6 is 0 Å². The maximum Gasteiger partial charge on any atom is 0.335 e. The molecule has 0 bridgehead atoms. The van der Waals surface area contributed by atoms with Gasteiger partial charge in [0.15, 0.2) is 0 Å². The fourth-order valence-corrected chi connectivity index (χ4v) is 3.01. The molecule has 0 spiro atoms. The van der Waals surface area contributed by atoms with E-state index in [2.05, 4.69) is 9.97 Å². The highest BCUT2D eigenvalue weighted by atomic mass is 19.1. The van der Waals surface area contributed by atoms with E-state index in [1.807, 2.05) is 18.2 Å². The van der Waals surface area contributed by atoms with Crippen LogP contribution in [0.25, 0.3) is 33.6 Å². The number of nitrogens with one attached hydrogen (secondary N) is 1. The lowest BCUT2D eigenvalue weighted by Crippen LogP contribution is -1.94. The van der Waals surface area contributed by atoms with Crippen molar-refractivity contribution in [2.24, 2.45) is 0 Å². The molecule has 0 fully saturated rings. The molecule has 0 aliphatic heterocycles. The van der Waals surface area contributed by atoms with E-state index >= 15 is 0 Å². The summed E-state index contributed by atoms with van der Waals surface area (Å²) in [6, 6.07) is 18.8. The predicted molar refractivity (Wildman–Crippen MR) is 102 cm³/mol. The van der Waals surface area contributed by atoms with E-state index in [1.54, 1.807) is 48.8 Å². The van der Waals surface area contributed by atoms with Gasteiger partial charge in [0.2, 0.25) is 0 Å². The zero-order valence-corrected chi connectivity index (χ0v) is 14.2. The SMILES string of the molecule is O=C(O)c1ccc(-c2cc(-c3ccc(F)cc3)c(-c3ccncc3)[nH]2)cc1. The van der Waals surface area contributed by atoms with Gasteiger partial charge in [-0.2, -0.15) is 0 Å². The number of carboxylic acids is 1. The van der Waals surface area contributed by atoms with Crippen LogP contribution in [0.1, 0.15) is 10.4 Å². The van der Waals surface area contributed by atoms with Crippen molar-refractivity contribution < 1.29 is 14.3 Å². The lowest BCUT2D eigenvalue weighted by atomic mass is 10.0. The highest BCUT2D eigenvalue weighted by Gasteiger charge is 2.14. The summed E-state index contributed by atoms with van der Waals surface area (Å²) in [7, 11) is 0. The van der Waals surface area contributed by atoms with E-state index in [0.29, 0.717) is 0 Å². The van der Waals surface area contributed by atoms with Crippen molar-refractivity contribution in [1.82, 2.24) is 9.97 Å². The Hall–Kier alpha value is -3.73. The molecule has 2 heterocycles. The average molecular weight is 358 g/mol. The number of rotatable bonds is 4. The lowest BCUT2D eigenvalue weighted by Gasteiger charge is -2.04. The normalized spacial score (nSPS) is 10.7. The smallest absolute Gasteiger partial charge is 0.335 e. The molecule has 0 saturated heterocycles. The van der Waals surface area contributed by atoms with Crippen LogP contribution in [-0.4, -0.2) is 21.0 Å². The number of halogens is 1. The van der Waals surface area contributed by atoms with Gasteiger partial charge in [0.25, 0.3) is 0 Å². The number of nitrogens with zero attached hydrogens (tertiary/aromatic N) is 1. The molecule has 27 heavy (non-hydrogen) atoms. The molecule has 4 nitrogen and oxygen atoms in total. The Morgan fingerprint density at radius 3 is 2.11 bits per heavy atom. The standard InChI is InChI=1S/C22H15FN2O2/c23-18-7-5-14(6-8-18)19-13-20(15-1-3-17(4-2-15)22(26)27)25-21(19)16-9-11-24-12-10-16/h1-13,25H,(H,26,27). The molecule has 2 aromatic carbocycles. The van der Waals surface area contributed by atoms with E-state index in [4.69, 9.17) is 5.11 Å². The molecular weight excluding hydrogens is 343 g/mol. The molecule has 0 atom stereocenters. The Morgan fingerprint density at radius 1 is 0.852 bits per heavy atom. The third-order valence-electron chi connectivity index (χ3n) is 4.38. The molecule has 2 aromatic heterocycles. The maximum absolute atomic E-state index is 13.3. The van der Waals surface area contributed by atoms with Crippen LogP contribution in [0.5, 0.6) is 0 Å². The number of H-pyrrole nitrogens is 1. The van der Waals surface area contributed by atoms with Crippen LogP contribution in [0.3, 0.4) is 0 Å². The Morgan fingerprint density at radius 2 is 1.48 bits per heavy atom. The molecule has 0 saturated carbocycles. The van der Waals surface area contributed by atoms with Gasteiger partial charge in [0, 0.05) is 29.2 Å². The second-order valence-electron chi connectivity index (χ2n) is 6.10. The minimum atomic E-state index is -0.961. The first-order chi connectivity index (χ1) is 13.1. The van der Waals surface area contributed by atoms with E-state index in [1.165, 1.54) is 12.1 Å². The van der Waals surface area contributed by atoms with Gasteiger partial charge in [-0.3, -0.25) is 4.98 Å². The lowest BCUT2D eigenvalue weighted by molar-refractivity contribution is 0.0697. The first kappa shape index (κ1) is 16.7. The second-order valence-corrected chi connectivity index (χ2v) is 6.10. The first-order valence-electron chi connectivity index (χ1n) is 8.35. The number of aromatic carboxylic acids is 1. The molecular formula is C22H15FN2O2. The zero-order chi connectivity index (χ0) is 18.8. The van der Waals surface area contributed by atoms with Gasteiger partial charge in [0.05, 0.1) is 11.3 Å². The fraction of sp³-hybridized carbons (Fsp3) is 0. The average Bonchev–Trinajstić information content (AvgIpc) is 3.15. The molecule has 4 rings (SSSR count). The van der Waals surface area contributed by atoms with E-state index in [9.17, 15) is 9.18 Å². The van der Waals surface area contributed by atoms with Crippen LogP contribution in [0, 0.1) is 5.82 Å². The molecule has 0 aliphatic carbocycles. The Kier molecular flexibility index (Phi) is 4.26. The summed E-state index contributed by atoms with van der Waals surface area (Å²) < 4.78 is 13.3. The quantitative estimate of drug-likeness (QED) is 0.524. The predicted octanol–water partition coefficient (Wildman–Crippen LogP) is 5.25. The summed E-state index contributed by atoms with van der Waals surface area (Å²) in [4.78, 5) is 18.5. The molecule has 2 N–H and O–H groups in total.